The van der Waals surface area contributed by atoms with Gasteiger partial charge in [0.15, 0.2) is 0 Å². The summed E-state index contributed by atoms with van der Waals surface area (Å²) in [7, 11) is 0. The molecule has 0 bridgehead atoms. The average Bonchev–Trinajstić information content (AvgIpc) is 2.88. The van der Waals surface area contributed by atoms with E-state index in [4.69, 9.17) is 0 Å². The van der Waals surface area contributed by atoms with Crippen molar-refractivity contribution < 1.29 is 0 Å². The van der Waals surface area contributed by atoms with Crippen molar-refractivity contribution in [3.8, 4) is 0 Å². The van der Waals surface area contributed by atoms with E-state index in [1.807, 2.05) is 0 Å². The minimum atomic E-state index is 0.796. The highest BCUT2D eigenvalue weighted by Crippen LogP contribution is 2.35. The van der Waals surface area contributed by atoms with Gasteiger partial charge in [-0.05, 0) is 38.6 Å². The number of hydrogen-bond donors (Lipinski definition) is 0. The zero-order chi connectivity index (χ0) is 9.26. The van der Waals surface area contributed by atoms with E-state index in [0.717, 1.165) is 18.5 Å². The molecule has 1 heterocycles. The third-order valence-corrected chi connectivity index (χ3v) is 3.40. The molecule has 0 aromatic rings. The molecule has 0 amide bonds. The Kier molecular flexibility index (Phi) is 2.73. The van der Waals surface area contributed by atoms with Gasteiger partial charge in [-0.3, -0.25) is 4.90 Å². The predicted molar refractivity (Wildman–Crippen MR) is 56.8 cm³/mol. The summed E-state index contributed by atoms with van der Waals surface area (Å²) in [5.41, 5.74) is 1.44. The second-order valence-corrected chi connectivity index (χ2v) is 4.85. The third-order valence-electron chi connectivity index (χ3n) is 3.40. The molecule has 2 rings (SSSR count). The van der Waals surface area contributed by atoms with Crippen LogP contribution in [0.3, 0.4) is 0 Å². The first-order valence-corrected chi connectivity index (χ1v) is 5.66. The van der Waals surface area contributed by atoms with E-state index in [1.54, 1.807) is 0 Å². The Morgan fingerprint density at radius 1 is 1.54 bits per heavy atom. The molecule has 0 N–H and O–H groups in total. The molecule has 1 aliphatic heterocycles. The summed E-state index contributed by atoms with van der Waals surface area (Å²) < 4.78 is 0. The molecular weight excluding hydrogens is 158 g/mol. The quantitative estimate of drug-likeness (QED) is 0.602. The van der Waals surface area contributed by atoms with Crippen molar-refractivity contribution in [2.75, 3.05) is 13.1 Å². The summed E-state index contributed by atoms with van der Waals surface area (Å²) in [4.78, 5) is 2.62. The molecule has 1 aliphatic carbocycles. The molecular formula is C12H21N. The Morgan fingerprint density at radius 2 is 2.31 bits per heavy atom. The molecule has 1 saturated heterocycles. The normalized spacial score (nSPS) is 27.6. The van der Waals surface area contributed by atoms with Crippen LogP contribution in [0.25, 0.3) is 0 Å². The van der Waals surface area contributed by atoms with Crippen LogP contribution in [0.5, 0.6) is 0 Å². The maximum atomic E-state index is 4.10. The number of nitrogens with zero attached hydrogens (tertiary/aromatic N) is 1. The molecule has 0 radical (unpaired) electrons. The fourth-order valence-corrected chi connectivity index (χ4v) is 2.34. The van der Waals surface area contributed by atoms with E-state index >= 15 is 0 Å². The van der Waals surface area contributed by atoms with E-state index in [9.17, 15) is 0 Å². The van der Waals surface area contributed by atoms with Crippen molar-refractivity contribution in [1.82, 2.24) is 4.90 Å². The van der Waals surface area contributed by atoms with Crippen LogP contribution in [-0.4, -0.2) is 24.0 Å². The SMILES string of the molecule is C=C1CCCN(C(C)CC2CC2)C1. The molecule has 0 aromatic heterocycles. The van der Waals surface area contributed by atoms with Crippen LogP contribution < -0.4 is 0 Å². The second kappa shape index (κ2) is 3.83. The summed E-state index contributed by atoms with van der Waals surface area (Å²) >= 11 is 0. The first-order chi connectivity index (χ1) is 6.25. The Morgan fingerprint density at radius 3 is 2.92 bits per heavy atom. The summed E-state index contributed by atoms with van der Waals surface area (Å²) in [5.74, 6) is 1.06. The molecule has 1 atom stereocenters. The van der Waals surface area contributed by atoms with Crippen molar-refractivity contribution in [2.24, 2.45) is 5.92 Å². The molecule has 13 heavy (non-hydrogen) atoms. The highest BCUT2D eigenvalue weighted by Gasteiger charge is 2.27. The molecule has 1 heteroatoms. The molecule has 2 fully saturated rings. The fourth-order valence-electron chi connectivity index (χ4n) is 2.34. The van der Waals surface area contributed by atoms with Gasteiger partial charge in [0.1, 0.15) is 0 Å². The third kappa shape index (κ3) is 2.57. The van der Waals surface area contributed by atoms with Gasteiger partial charge in [0.25, 0.3) is 0 Å². The van der Waals surface area contributed by atoms with E-state index in [2.05, 4.69) is 18.4 Å². The van der Waals surface area contributed by atoms with Gasteiger partial charge in [0.2, 0.25) is 0 Å². The van der Waals surface area contributed by atoms with Crippen LogP contribution in [0.4, 0.5) is 0 Å². The fraction of sp³-hybridized carbons (Fsp3) is 0.833. The molecule has 0 spiro atoms. The second-order valence-electron chi connectivity index (χ2n) is 4.85. The van der Waals surface area contributed by atoms with E-state index in [1.165, 1.54) is 44.2 Å². The van der Waals surface area contributed by atoms with E-state index < -0.39 is 0 Å². The maximum absolute atomic E-state index is 4.10. The van der Waals surface area contributed by atoms with Crippen molar-refractivity contribution in [3.05, 3.63) is 12.2 Å². The minimum absolute atomic E-state index is 0.796. The van der Waals surface area contributed by atoms with Crippen LogP contribution in [0.2, 0.25) is 0 Å². The zero-order valence-corrected chi connectivity index (χ0v) is 8.76. The lowest BCUT2D eigenvalue weighted by atomic mass is 10.0. The maximum Gasteiger partial charge on any atom is 0.0192 e. The van der Waals surface area contributed by atoms with Crippen molar-refractivity contribution in [2.45, 2.75) is 45.1 Å². The molecule has 1 nitrogen and oxygen atoms in total. The lowest BCUT2D eigenvalue weighted by Crippen LogP contribution is -2.38. The Labute approximate surface area is 81.8 Å². The number of rotatable bonds is 3. The van der Waals surface area contributed by atoms with Gasteiger partial charge in [-0.2, -0.15) is 0 Å². The Bertz CT molecular complexity index is 193. The smallest absolute Gasteiger partial charge is 0.0192 e. The topological polar surface area (TPSA) is 3.24 Å². The summed E-state index contributed by atoms with van der Waals surface area (Å²) in [5, 5.41) is 0. The molecule has 2 aliphatic rings. The number of likely N-dealkylation sites (tertiary alicyclic amines) is 1. The lowest BCUT2D eigenvalue weighted by molar-refractivity contribution is 0.189. The molecule has 74 valence electrons. The molecule has 1 unspecified atom stereocenters. The number of piperidine rings is 1. The summed E-state index contributed by atoms with van der Waals surface area (Å²) in [6, 6.07) is 0.796. The average molecular weight is 179 g/mol. The highest BCUT2D eigenvalue weighted by molar-refractivity contribution is 5.01. The highest BCUT2D eigenvalue weighted by atomic mass is 15.2. The first-order valence-electron chi connectivity index (χ1n) is 5.66. The largest absolute Gasteiger partial charge is 0.297 e. The summed E-state index contributed by atoms with van der Waals surface area (Å²) in [6.45, 7) is 8.94. The molecule has 1 saturated carbocycles. The van der Waals surface area contributed by atoms with Gasteiger partial charge in [0.05, 0.1) is 0 Å². The molecule has 0 aromatic carbocycles. The van der Waals surface area contributed by atoms with Gasteiger partial charge >= 0.3 is 0 Å². The zero-order valence-electron chi connectivity index (χ0n) is 8.76. The van der Waals surface area contributed by atoms with Crippen molar-refractivity contribution in [1.29, 1.82) is 0 Å². The monoisotopic (exact) mass is 179 g/mol. The number of hydrogen-bond acceptors (Lipinski definition) is 1. The van der Waals surface area contributed by atoms with Gasteiger partial charge < -0.3 is 0 Å². The Balaban J connectivity index is 1.79. The van der Waals surface area contributed by atoms with Gasteiger partial charge in [0, 0.05) is 12.6 Å². The van der Waals surface area contributed by atoms with Crippen LogP contribution in [0.15, 0.2) is 12.2 Å². The predicted octanol–water partition coefficient (Wildman–Crippen LogP) is 2.83. The van der Waals surface area contributed by atoms with Gasteiger partial charge in [-0.1, -0.05) is 25.0 Å². The summed E-state index contributed by atoms with van der Waals surface area (Å²) in [6.07, 6.45) is 6.98. The van der Waals surface area contributed by atoms with Gasteiger partial charge in [-0.25, -0.2) is 0 Å². The minimum Gasteiger partial charge on any atom is -0.297 e. The van der Waals surface area contributed by atoms with Crippen molar-refractivity contribution in [3.63, 3.8) is 0 Å². The van der Waals surface area contributed by atoms with Crippen LogP contribution >= 0.6 is 0 Å². The van der Waals surface area contributed by atoms with Crippen molar-refractivity contribution >= 4 is 0 Å². The van der Waals surface area contributed by atoms with E-state index in [0.29, 0.717) is 0 Å². The Hall–Kier alpha value is -0.300. The van der Waals surface area contributed by atoms with Gasteiger partial charge in [-0.15, -0.1) is 0 Å². The van der Waals surface area contributed by atoms with Crippen LogP contribution in [0.1, 0.15) is 39.0 Å². The standard InChI is InChI=1S/C12H21N/c1-10-4-3-7-13(9-10)11(2)8-12-5-6-12/h11-12H,1,3-9H2,2H3. The first kappa shape index (κ1) is 9.26. The van der Waals surface area contributed by atoms with Crippen LogP contribution in [0, 0.1) is 5.92 Å². The van der Waals surface area contributed by atoms with Crippen LogP contribution in [-0.2, 0) is 0 Å². The van der Waals surface area contributed by atoms with E-state index in [-0.39, 0.29) is 0 Å². The lowest BCUT2D eigenvalue weighted by Gasteiger charge is -2.33.